The summed E-state index contributed by atoms with van der Waals surface area (Å²) in [6, 6.07) is 74.4. The summed E-state index contributed by atoms with van der Waals surface area (Å²) in [5.74, 6) is 2.57. The second-order valence-corrected chi connectivity index (χ2v) is 24.3. The molecule has 0 N–H and O–H groups in total. The van der Waals surface area contributed by atoms with Crippen LogP contribution in [0.3, 0.4) is 0 Å². The number of anilines is 4. The highest BCUT2D eigenvalue weighted by atomic mass is 15.2. The van der Waals surface area contributed by atoms with E-state index in [1.165, 1.54) is 138 Å². The Kier molecular flexibility index (Phi) is 10.8. The van der Waals surface area contributed by atoms with Crippen molar-refractivity contribution < 1.29 is 0 Å². The third-order valence-corrected chi connectivity index (χ3v) is 20.1. The summed E-state index contributed by atoms with van der Waals surface area (Å²) in [5, 5.41) is 0. The number of hydrogen-bond donors (Lipinski definition) is 0. The third-order valence-electron chi connectivity index (χ3n) is 20.1. The number of rotatable bonds is 9. The highest BCUT2D eigenvalue weighted by molar-refractivity contribution is 6.09. The molecule has 0 heterocycles. The minimum atomic E-state index is -0.545. The quantitative estimate of drug-likeness (QED) is 0.142. The standard InChI is InChI=1S/C77H66N2/c1-76(2)66-32-18-15-29-61(66)65-49-58(41-44-67(65)76)79(57-27-13-6-14-28-57)75-60(52-37-39-53(40-38-52)64-48-50-35-36-54(64)47-50)43-46-71-73(75)63-31-17-20-34-69(63)77(71)68-33-19-16-30-62(68)72-70(77)45-42-59(51-21-7-3-8-22-51)74(72)78(55-23-9-4-10-24-55)56-25-11-5-12-26-56/h3-5,7-13,15-34,37,39,41,43-44,46,49-50,54,64H,6,14,35-36,38,40,42,45,47-48H2,1-2H3. The third kappa shape index (κ3) is 6.95. The zero-order valence-electron chi connectivity index (χ0n) is 45.6. The van der Waals surface area contributed by atoms with E-state index in [0.717, 1.165) is 67.7 Å². The van der Waals surface area contributed by atoms with Gasteiger partial charge >= 0.3 is 0 Å². The Balaban J connectivity index is 0.992. The molecule has 0 saturated heterocycles. The van der Waals surface area contributed by atoms with Gasteiger partial charge in [0.1, 0.15) is 0 Å². The molecule has 8 aliphatic carbocycles. The van der Waals surface area contributed by atoms with Crippen molar-refractivity contribution in [1.82, 2.24) is 0 Å². The van der Waals surface area contributed by atoms with Crippen LogP contribution in [0.4, 0.5) is 22.7 Å². The summed E-state index contributed by atoms with van der Waals surface area (Å²) in [6.07, 6.45) is 24.3. The number of nitrogens with zero attached hydrogens (tertiary/aromatic N) is 2. The summed E-state index contributed by atoms with van der Waals surface area (Å²) in [5.41, 5.74) is 30.5. The normalized spacial score (nSPS) is 22.4. The van der Waals surface area contributed by atoms with Crippen molar-refractivity contribution in [2.24, 2.45) is 17.8 Å². The average molecular weight is 1020 g/mol. The van der Waals surface area contributed by atoms with E-state index >= 15 is 0 Å². The minimum Gasteiger partial charge on any atom is -0.310 e. The molecule has 1 spiro atoms. The van der Waals surface area contributed by atoms with Crippen LogP contribution >= 0.6 is 0 Å². The molecule has 0 aromatic heterocycles. The Morgan fingerprint density at radius 1 is 0.481 bits per heavy atom. The van der Waals surface area contributed by atoms with Crippen LogP contribution in [-0.4, -0.2) is 0 Å². The van der Waals surface area contributed by atoms with Crippen molar-refractivity contribution in [2.75, 3.05) is 9.80 Å². The molecular weight excluding hydrogens is 953 g/mol. The highest BCUT2D eigenvalue weighted by Gasteiger charge is 2.56. The van der Waals surface area contributed by atoms with E-state index < -0.39 is 5.41 Å². The molecule has 384 valence electrons. The molecule has 79 heavy (non-hydrogen) atoms. The van der Waals surface area contributed by atoms with Gasteiger partial charge in [0, 0.05) is 44.9 Å². The Bertz CT molecular complexity index is 3970. The van der Waals surface area contributed by atoms with E-state index in [-0.39, 0.29) is 5.41 Å². The number of hydrogen-bond acceptors (Lipinski definition) is 2. The second-order valence-electron chi connectivity index (χ2n) is 24.3. The Morgan fingerprint density at radius 2 is 1.14 bits per heavy atom. The van der Waals surface area contributed by atoms with Crippen LogP contribution in [0, 0.1) is 17.8 Å². The molecular formula is C77H66N2. The monoisotopic (exact) mass is 1020 g/mol. The number of benzene rings is 8. The van der Waals surface area contributed by atoms with Crippen molar-refractivity contribution in [3.63, 3.8) is 0 Å². The molecule has 4 atom stereocenters. The molecule has 8 aliphatic rings. The summed E-state index contributed by atoms with van der Waals surface area (Å²) < 4.78 is 0. The molecule has 4 unspecified atom stereocenters. The van der Waals surface area contributed by atoms with Gasteiger partial charge in [0.2, 0.25) is 0 Å². The van der Waals surface area contributed by atoms with Crippen LogP contribution in [0.5, 0.6) is 0 Å². The van der Waals surface area contributed by atoms with E-state index in [1.807, 2.05) is 0 Å². The lowest BCUT2D eigenvalue weighted by Gasteiger charge is -2.38. The Labute approximate surface area is 467 Å². The van der Waals surface area contributed by atoms with Crippen LogP contribution in [0.25, 0.3) is 39.0 Å². The lowest BCUT2D eigenvalue weighted by molar-refractivity contribution is 0.370. The fourth-order valence-corrected chi connectivity index (χ4v) is 16.7. The predicted molar refractivity (Wildman–Crippen MR) is 330 cm³/mol. The maximum atomic E-state index is 2.71. The van der Waals surface area contributed by atoms with Gasteiger partial charge in [0.15, 0.2) is 0 Å². The van der Waals surface area contributed by atoms with E-state index in [2.05, 4.69) is 248 Å². The summed E-state index contributed by atoms with van der Waals surface area (Å²) in [4.78, 5) is 5.29. The fraction of sp³-hybridized carbons (Fsp3) is 0.221. The van der Waals surface area contributed by atoms with Crippen LogP contribution < -0.4 is 9.80 Å². The molecule has 0 aliphatic heterocycles. The molecule has 8 aromatic carbocycles. The molecule has 0 radical (unpaired) electrons. The van der Waals surface area contributed by atoms with Gasteiger partial charge in [-0.05, 0) is 190 Å². The Morgan fingerprint density at radius 3 is 1.82 bits per heavy atom. The molecule has 8 aromatic rings. The van der Waals surface area contributed by atoms with E-state index in [9.17, 15) is 0 Å². The Hall–Kier alpha value is -8.20. The minimum absolute atomic E-state index is 0.0922. The van der Waals surface area contributed by atoms with Gasteiger partial charge < -0.3 is 9.80 Å². The van der Waals surface area contributed by atoms with E-state index in [4.69, 9.17) is 0 Å². The zero-order valence-corrected chi connectivity index (χ0v) is 45.6. The van der Waals surface area contributed by atoms with E-state index in [1.54, 1.807) is 5.57 Å². The number of fused-ring (bicyclic) bond motifs is 14. The van der Waals surface area contributed by atoms with Gasteiger partial charge in [0.05, 0.1) is 16.8 Å². The molecule has 16 rings (SSSR count). The molecule has 0 amide bonds. The van der Waals surface area contributed by atoms with Gasteiger partial charge in [0.25, 0.3) is 0 Å². The number of para-hydroxylation sites is 2. The highest BCUT2D eigenvalue weighted by Crippen LogP contribution is 2.68. The lowest BCUT2D eigenvalue weighted by Crippen LogP contribution is -2.29. The van der Waals surface area contributed by atoms with Gasteiger partial charge in [-0.3, -0.25) is 0 Å². The maximum absolute atomic E-state index is 2.71. The van der Waals surface area contributed by atoms with Crippen molar-refractivity contribution in [1.29, 1.82) is 0 Å². The molecule has 2 heteroatoms. The van der Waals surface area contributed by atoms with Crippen LogP contribution in [0.15, 0.2) is 247 Å². The smallest absolute Gasteiger partial charge is 0.0690 e. The predicted octanol–water partition coefficient (Wildman–Crippen LogP) is 20.0. The van der Waals surface area contributed by atoms with Crippen molar-refractivity contribution in [2.45, 2.75) is 88.9 Å². The van der Waals surface area contributed by atoms with Crippen LogP contribution in [0.1, 0.15) is 123 Å². The number of allylic oxidation sites excluding steroid dienone is 10. The average Bonchev–Trinajstić information content (AvgIpc) is 3.87. The van der Waals surface area contributed by atoms with Gasteiger partial charge in [-0.25, -0.2) is 0 Å². The van der Waals surface area contributed by atoms with Crippen molar-refractivity contribution in [3.8, 4) is 22.3 Å². The fourth-order valence-electron chi connectivity index (χ4n) is 16.7. The first-order valence-corrected chi connectivity index (χ1v) is 29.6. The molecule has 2 bridgehead atoms. The summed E-state index contributed by atoms with van der Waals surface area (Å²) >= 11 is 0. The zero-order chi connectivity index (χ0) is 52.4. The first-order valence-electron chi connectivity index (χ1n) is 29.6. The lowest BCUT2D eigenvalue weighted by atomic mass is 9.67. The van der Waals surface area contributed by atoms with Crippen molar-refractivity contribution >= 4 is 39.5 Å². The van der Waals surface area contributed by atoms with Gasteiger partial charge in [-0.1, -0.05) is 208 Å². The van der Waals surface area contributed by atoms with E-state index in [0.29, 0.717) is 0 Å². The SMILES string of the molecule is CC1(C)c2ccccc2-c2cc(N(C3=CCCC=C3)c3c(C4=CC=C(C5CC6CCC5C6)CC4)ccc4c3-c3ccccc3C43C4=C(C(N(c5ccccc5)c5ccccc5)=C(c5ccccc5)CC4)c4ccccc43)ccc21. The second kappa shape index (κ2) is 18.2. The first kappa shape index (κ1) is 46.9. The van der Waals surface area contributed by atoms with Gasteiger partial charge in [-0.15, -0.1) is 0 Å². The summed E-state index contributed by atoms with van der Waals surface area (Å²) in [7, 11) is 0. The molecule has 2 fully saturated rings. The van der Waals surface area contributed by atoms with Crippen molar-refractivity contribution in [3.05, 3.63) is 292 Å². The van der Waals surface area contributed by atoms with Crippen LogP contribution in [-0.2, 0) is 10.8 Å². The van der Waals surface area contributed by atoms with Gasteiger partial charge in [-0.2, -0.15) is 0 Å². The topological polar surface area (TPSA) is 6.48 Å². The largest absolute Gasteiger partial charge is 0.310 e. The molecule has 2 saturated carbocycles. The van der Waals surface area contributed by atoms with Crippen LogP contribution in [0.2, 0.25) is 0 Å². The summed E-state index contributed by atoms with van der Waals surface area (Å²) in [6.45, 7) is 4.81. The molecule has 2 nitrogen and oxygen atoms in total. The first-order chi connectivity index (χ1) is 39.0. The maximum Gasteiger partial charge on any atom is 0.0690 e.